The first-order chi connectivity index (χ1) is 13.1. The van der Waals surface area contributed by atoms with Crippen LogP contribution in [0.2, 0.25) is 0 Å². The number of carbonyl (C=O) groups excluding carboxylic acids is 2. The number of hydrazone groups is 1. The van der Waals surface area contributed by atoms with E-state index in [1.165, 1.54) is 0 Å². The van der Waals surface area contributed by atoms with E-state index < -0.39 is 6.04 Å². The Morgan fingerprint density at radius 1 is 1.22 bits per heavy atom. The van der Waals surface area contributed by atoms with Crippen LogP contribution in [0.1, 0.15) is 37.1 Å². The molecule has 0 N–H and O–H groups in total. The van der Waals surface area contributed by atoms with Crippen LogP contribution < -0.4 is 5.01 Å². The molecule has 0 saturated carbocycles. The minimum atomic E-state index is -0.411. The number of aromatic nitrogens is 1. The van der Waals surface area contributed by atoms with E-state index in [1.54, 1.807) is 23.3 Å². The van der Waals surface area contributed by atoms with Gasteiger partial charge in [-0.2, -0.15) is 5.10 Å². The molecule has 1 saturated heterocycles. The van der Waals surface area contributed by atoms with Crippen molar-refractivity contribution in [3.63, 3.8) is 0 Å². The lowest BCUT2D eigenvalue weighted by Gasteiger charge is -2.31. The van der Waals surface area contributed by atoms with Crippen molar-refractivity contribution in [2.45, 2.75) is 38.1 Å². The number of amides is 1. The van der Waals surface area contributed by atoms with Gasteiger partial charge in [-0.1, -0.05) is 18.2 Å². The number of ketones is 1. The maximum atomic E-state index is 13.1. The highest BCUT2D eigenvalue weighted by Gasteiger charge is 2.37. The lowest BCUT2D eigenvalue weighted by atomic mass is 9.97. The molecule has 0 bridgehead atoms. The Balaban J connectivity index is 1.53. The molecule has 2 unspecified atom stereocenters. The van der Waals surface area contributed by atoms with Gasteiger partial charge in [-0.15, -0.1) is 11.3 Å². The fourth-order valence-electron chi connectivity index (χ4n) is 3.76. The largest absolute Gasteiger partial charge is 0.337 e. The fraction of sp³-hybridized carbons (Fsp3) is 0.400. The lowest BCUT2D eigenvalue weighted by molar-refractivity contribution is -0.125. The lowest BCUT2D eigenvalue weighted by Crippen LogP contribution is -2.42. The summed E-state index contributed by atoms with van der Waals surface area (Å²) in [5.74, 6) is 0.254. The summed E-state index contributed by atoms with van der Waals surface area (Å²) < 4.78 is 0. The number of Topliss-reactive ketones (excluding diaryl/α,β-unsaturated/α-hetero) is 1. The molecule has 4 rings (SSSR count). The van der Waals surface area contributed by atoms with Crippen molar-refractivity contribution in [3.8, 4) is 0 Å². The molecule has 0 spiro atoms. The number of hydrogen-bond donors (Lipinski definition) is 0. The summed E-state index contributed by atoms with van der Waals surface area (Å²) in [6, 6.07) is 9.14. The molecule has 1 aromatic heterocycles. The summed E-state index contributed by atoms with van der Waals surface area (Å²) in [5, 5.41) is 9.31. The van der Waals surface area contributed by atoms with E-state index in [2.05, 4.69) is 10.1 Å². The molecule has 27 heavy (non-hydrogen) atoms. The zero-order valence-corrected chi connectivity index (χ0v) is 16.1. The average Bonchev–Trinajstić information content (AvgIpc) is 3.38. The van der Waals surface area contributed by atoms with Crippen molar-refractivity contribution >= 4 is 34.4 Å². The summed E-state index contributed by atoms with van der Waals surface area (Å²) in [6.07, 6.45) is 4.19. The van der Waals surface area contributed by atoms with Crippen LogP contribution in [0.15, 0.2) is 47.0 Å². The van der Waals surface area contributed by atoms with Gasteiger partial charge in [0.2, 0.25) is 0 Å². The standard InChI is InChI=1S/C20H22N4O2S/c1-14(25)18-12-17(22-24(18)16-7-3-2-4-8-16)20(26)23-10-5-6-15(13-23)19-21-9-11-27-19/h2-4,7-9,11,15,18H,5-6,10,12-13H2,1H3. The van der Waals surface area contributed by atoms with Crippen molar-refractivity contribution < 1.29 is 9.59 Å². The van der Waals surface area contributed by atoms with Crippen molar-refractivity contribution in [2.75, 3.05) is 18.1 Å². The third-order valence-electron chi connectivity index (χ3n) is 5.16. The number of carbonyl (C=O) groups is 2. The third kappa shape index (κ3) is 3.64. The van der Waals surface area contributed by atoms with Gasteiger partial charge < -0.3 is 4.90 Å². The molecule has 3 heterocycles. The number of anilines is 1. The molecule has 1 fully saturated rings. The van der Waals surface area contributed by atoms with Gasteiger partial charge in [-0.3, -0.25) is 14.6 Å². The van der Waals surface area contributed by atoms with Crippen LogP contribution in [0.5, 0.6) is 0 Å². The molecule has 140 valence electrons. The Bertz CT molecular complexity index is 850. The van der Waals surface area contributed by atoms with Crippen molar-refractivity contribution in [1.82, 2.24) is 9.88 Å². The summed E-state index contributed by atoms with van der Waals surface area (Å²) in [5.41, 5.74) is 1.30. The van der Waals surface area contributed by atoms with Gasteiger partial charge >= 0.3 is 0 Å². The van der Waals surface area contributed by atoms with E-state index in [0.717, 1.165) is 30.1 Å². The molecule has 2 aromatic rings. The van der Waals surface area contributed by atoms with E-state index in [9.17, 15) is 9.59 Å². The highest BCUT2D eigenvalue weighted by Crippen LogP contribution is 2.30. The summed E-state index contributed by atoms with van der Waals surface area (Å²) >= 11 is 1.65. The van der Waals surface area contributed by atoms with E-state index in [1.807, 2.05) is 46.8 Å². The normalized spacial score (nSPS) is 22.6. The minimum Gasteiger partial charge on any atom is -0.337 e. The predicted octanol–water partition coefficient (Wildman–Crippen LogP) is 3.07. The first-order valence-electron chi connectivity index (χ1n) is 9.24. The van der Waals surface area contributed by atoms with Gasteiger partial charge in [0.25, 0.3) is 5.91 Å². The number of benzene rings is 1. The molecule has 1 amide bonds. The van der Waals surface area contributed by atoms with E-state index >= 15 is 0 Å². The first kappa shape index (κ1) is 17.9. The predicted molar refractivity (Wildman–Crippen MR) is 106 cm³/mol. The highest BCUT2D eigenvalue weighted by molar-refractivity contribution is 7.09. The van der Waals surface area contributed by atoms with E-state index in [4.69, 9.17) is 0 Å². The molecule has 1 aromatic carbocycles. The van der Waals surface area contributed by atoms with Crippen LogP contribution in [-0.4, -0.2) is 46.4 Å². The number of hydrogen-bond acceptors (Lipinski definition) is 6. The molecular formula is C20H22N4O2S. The van der Waals surface area contributed by atoms with Crippen molar-refractivity contribution in [2.24, 2.45) is 5.10 Å². The SMILES string of the molecule is CC(=O)C1CC(C(=O)N2CCCC(c3nccs3)C2)=NN1c1ccccc1. The third-order valence-corrected chi connectivity index (χ3v) is 6.09. The number of thiazole rings is 1. The van der Waals surface area contributed by atoms with Crippen LogP contribution >= 0.6 is 11.3 Å². The summed E-state index contributed by atoms with van der Waals surface area (Å²) in [7, 11) is 0. The van der Waals surface area contributed by atoms with Gasteiger partial charge in [0.05, 0.1) is 10.7 Å². The van der Waals surface area contributed by atoms with E-state index in [0.29, 0.717) is 24.6 Å². The zero-order chi connectivity index (χ0) is 18.8. The Kier molecular flexibility index (Phi) is 5.03. The molecular weight excluding hydrogens is 360 g/mol. The summed E-state index contributed by atoms with van der Waals surface area (Å²) in [6.45, 7) is 2.96. The van der Waals surface area contributed by atoms with Gasteiger partial charge in [0.1, 0.15) is 11.8 Å². The second kappa shape index (κ2) is 7.60. The quantitative estimate of drug-likeness (QED) is 0.815. The number of nitrogens with zero attached hydrogens (tertiary/aromatic N) is 4. The van der Waals surface area contributed by atoms with Gasteiger partial charge in [0.15, 0.2) is 5.78 Å². The number of likely N-dealkylation sites (tertiary alicyclic amines) is 1. The van der Waals surface area contributed by atoms with Gasteiger partial charge in [-0.05, 0) is 31.9 Å². The first-order valence-corrected chi connectivity index (χ1v) is 10.1. The smallest absolute Gasteiger partial charge is 0.270 e. The van der Waals surface area contributed by atoms with Crippen LogP contribution in [-0.2, 0) is 9.59 Å². The Labute approximate surface area is 162 Å². The highest BCUT2D eigenvalue weighted by atomic mass is 32.1. The molecule has 6 nitrogen and oxygen atoms in total. The minimum absolute atomic E-state index is 0.0182. The number of piperidine rings is 1. The second-order valence-electron chi connectivity index (χ2n) is 7.02. The van der Waals surface area contributed by atoms with Crippen LogP contribution in [0.4, 0.5) is 5.69 Å². The molecule has 2 aliphatic heterocycles. The van der Waals surface area contributed by atoms with Crippen molar-refractivity contribution in [3.05, 3.63) is 46.9 Å². The molecule has 2 aliphatic rings. The Morgan fingerprint density at radius 3 is 2.74 bits per heavy atom. The topological polar surface area (TPSA) is 65.9 Å². The number of para-hydroxylation sites is 1. The average molecular weight is 382 g/mol. The number of rotatable bonds is 4. The fourth-order valence-corrected chi connectivity index (χ4v) is 4.52. The van der Waals surface area contributed by atoms with E-state index in [-0.39, 0.29) is 11.7 Å². The molecule has 2 atom stereocenters. The maximum Gasteiger partial charge on any atom is 0.270 e. The van der Waals surface area contributed by atoms with Crippen LogP contribution in [0, 0.1) is 0 Å². The molecule has 0 aliphatic carbocycles. The van der Waals surface area contributed by atoms with Crippen LogP contribution in [0.25, 0.3) is 0 Å². The Morgan fingerprint density at radius 2 is 2.04 bits per heavy atom. The summed E-state index contributed by atoms with van der Waals surface area (Å²) in [4.78, 5) is 31.5. The van der Waals surface area contributed by atoms with Gasteiger partial charge in [-0.25, -0.2) is 4.98 Å². The molecule has 7 heteroatoms. The van der Waals surface area contributed by atoms with Crippen molar-refractivity contribution in [1.29, 1.82) is 0 Å². The van der Waals surface area contributed by atoms with Gasteiger partial charge in [0, 0.05) is 37.0 Å². The molecule has 0 radical (unpaired) electrons. The monoisotopic (exact) mass is 382 g/mol. The second-order valence-corrected chi connectivity index (χ2v) is 7.94. The maximum absolute atomic E-state index is 13.1. The Hall–Kier alpha value is -2.54. The van der Waals surface area contributed by atoms with Crippen LogP contribution in [0.3, 0.4) is 0 Å². The zero-order valence-electron chi connectivity index (χ0n) is 15.2.